The molecule has 2 aromatic rings. The van der Waals surface area contributed by atoms with Crippen molar-refractivity contribution in [3.63, 3.8) is 0 Å². The van der Waals surface area contributed by atoms with Crippen molar-refractivity contribution in [2.24, 2.45) is 0 Å². The number of hydrogen-bond acceptors (Lipinski definition) is 3. The number of carbonyl (C=O) groups is 2. The van der Waals surface area contributed by atoms with Crippen LogP contribution in [0.3, 0.4) is 0 Å². The third-order valence-electron chi connectivity index (χ3n) is 4.38. The lowest BCUT2D eigenvalue weighted by Crippen LogP contribution is -2.41. The van der Waals surface area contributed by atoms with Gasteiger partial charge >= 0.3 is 0 Å². The molecule has 3 rings (SSSR count). The molecular formula is C20H23N3O2. The first-order valence-electron chi connectivity index (χ1n) is 8.65. The van der Waals surface area contributed by atoms with Crippen molar-refractivity contribution in [1.82, 2.24) is 5.32 Å². The summed E-state index contributed by atoms with van der Waals surface area (Å²) < 4.78 is 0. The van der Waals surface area contributed by atoms with Crippen LogP contribution in [0, 0.1) is 0 Å². The number of nitrogens with zero attached hydrogens (tertiary/aromatic N) is 1. The second kappa shape index (κ2) is 7.83. The van der Waals surface area contributed by atoms with Crippen LogP contribution in [0.2, 0.25) is 0 Å². The second-order valence-electron chi connectivity index (χ2n) is 6.29. The predicted molar refractivity (Wildman–Crippen MR) is 99.9 cm³/mol. The van der Waals surface area contributed by atoms with Crippen molar-refractivity contribution in [2.45, 2.75) is 25.8 Å². The van der Waals surface area contributed by atoms with Crippen LogP contribution in [-0.4, -0.2) is 30.9 Å². The Labute approximate surface area is 148 Å². The van der Waals surface area contributed by atoms with E-state index in [-0.39, 0.29) is 11.8 Å². The fourth-order valence-electron chi connectivity index (χ4n) is 2.92. The average molecular weight is 337 g/mol. The normalized spacial score (nSPS) is 14.8. The Bertz CT molecular complexity index is 722. The molecule has 0 spiro atoms. The van der Waals surface area contributed by atoms with Gasteiger partial charge in [0.2, 0.25) is 5.91 Å². The first-order chi connectivity index (χ1) is 12.1. The van der Waals surface area contributed by atoms with Gasteiger partial charge in [0.15, 0.2) is 0 Å². The van der Waals surface area contributed by atoms with Gasteiger partial charge in [-0.1, -0.05) is 18.2 Å². The first kappa shape index (κ1) is 17.0. The van der Waals surface area contributed by atoms with Crippen LogP contribution < -0.4 is 15.5 Å². The van der Waals surface area contributed by atoms with Crippen molar-refractivity contribution in [3.8, 4) is 0 Å². The molecule has 0 unspecified atom stereocenters. The van der Waals surface area contributed by atoms with Crippen LogP contribution in [0.1, 0.15) is 30.1 Å². The van der Waals surface area contributed by atoms with E-state index in [0.717, 1.165) is 18.8 Å². The van der Waals surface area contributed by atoms with Gasteiger partial charge < -0.3 is 15.5 Å². The van der Waals surface area contributed by atoms with Crippen LogP contribution in [0.15, 0.2) is 54.6 Å². The Morgan fingerprint density at radius 1 is 0.960 bits per heavy atom. The average Bonchev–Trinajstić information content (AvgIpc) is 3.17. The Balaban J connectivity index is 1.55. The molecule has 2 aromatic carbocycles. The number of rotatable bonds is 5. The highest BCUT2D eigenvalue weighted by Gasteiger charge is 2.17. The summed E-state index contributed by atoms with van der Waals surface area (Å²) in [5.74, 6) is -0.495. The maximum absolute atomic E-state index is 12.3. The topological polar surface area (TPSA) is 61.4 Å². The van der Waals surface area contributed by atoms with Crippen LogP contribution >= 0.6 is 0 Å². The highest BCUT2D eigenvalue weighted by molar-refractivity contribution is 6.00. The van der Waals surface area contributed by atoms with Gasteiger partial charge in [0.25, 0.3) is 5.91 Å². The number of nitrogens with one attached hydrogen (secondary N) is 2. The van der Waals surface area contributed by atoms with Crippen molar-refractivity contribution in [1.29, 1.82) is 0 Å². The summed E-state index contributed by atoms with van der Waals surface area (Å²) in [7, 11) is 0. The van der Waals surface area contributed by atoms with Gasteiger partial charge in [-0.05, 0) is 56.2 Å². The van der Waals surface area contributed by atoms with Gasteiger partial charge in [-0.15, -0.1) is 0 Å². The molecule has 1 saturated heterocycles. The molecule has 0 bridgehead atoms. The van der Waals surface area contributed by atoms with Gasteiger partial charge in [-0.25, -0.2) is 0 Å². The van der Waals surface area contributed by atoms with E-state index in [1.54, 1.807) is 31.2 Å². The third kappa shape index (κ3) is 4.38. The quantitative estimate of drug-likeness (QED) is 0.881. The van der Waals surface area contributed by atoms with Gasteiger partial charge in [-0.3, -0.25) is 9.59 Å². The molecule has 0 aliphatic carbocycles. The number of anilines is 2. The van der Waals surface area contributed by atoms with E-state index in [9.17, 15) is 9.59 Å². The number of benzene rings is 2. The van der Waals surface area contributed by atoms with E-state index in [0.29, 0.717) is 5.56 Å². The zero-order chi connectivity index (χ0) is 17.6. The molecule has 2 amide bonds. The van der Waals surface area contributed by atoms with Crippen molar-refractivity contribution >= 4 is 23.2 Å². The minimum absolute atomic E-state index is 0.238. The first-order valence-corrected chi connectivity index (χ1v) is 8.65. The fraction of sp³-hybridized carbons (Fsp3) is 0.300. The van der Waals surface area contributed by atoms with Crippen LogP contribution in [0.5, 0.6) is 0 Å². The van der Waals surface area contributed by atoms with Crippen LogP contribution in [0.25, 0.3) is 0 Å². The number of carbonyl (C=O) groups excluding carboxylic acids is 2. The van der Waals surface area contributed by atoms with Gasteiger partial charge in [-0.2, -0.15) is 0 Å². The minimum Gasteiger partial charge on any atom is -0.372 e. The van der Waals surface area contributed by atoms with Crippen molar-refractivity contribution in [3.05, 3.63) is 60.2 Å². The molecule has 0 radical (unpaired) electrons. The molecule has 2 N–H and O–H groups in total. The summed E-state index contributed by atoms with van der Waals surface area (Å²) in [5, 5.41) is 5.56. The highest BCUT2D eigenvalue weighted by atomic mass is 16.2. The monoisotopic (exact) mass is 337 g/mol. The minimum atomic E-state index is -0.619. The molecule has 1 aliphatic heterocycles. The van der Waals surface area contributed by atoms with Crippen LogP contribution in [0.4, 0.5) is 11.4 Å². The number of amides is 2. The summed E-state index contributed by atoms with van der Waals surface area (Å²) in [6.45, 7) is 3.86. The molecular weight excluding hydrogens is 314 g/mol. The Hall–Kier alpha value is -2.82. The lowest BCUT2D eigenvalue weighted by molar-refractivity contribution is -0.117. The Kier molecular flexibility index (Phi) is 5.33. The summed E-state index contributed by atoms with van der Waals surface area (Å²) in [5.41, 5.74) is 2.45. The van der Waals surface area contributed by atoms with Crippen molar-refractivity contribution in [2.75, 3.05) is 23.3 Å². The molecule has 0 aromatic heterocycles. The molecule has 5 nitrogen and oxygen atoms in total. The summed E-state index contributed by atoms with van der Waals surface area (Å²) in [6, 6.07) is 16.1. The van der Waals surface area contributed by atoms with E-state index in [1.807, 2.05) is 30.3 Å². The Morgan fingerprint density at radius 2 is 1.60 bits per heavy atom. The zero-order valence-corrected chi connectivity index (χ0v) is 14.4. The largest absolute Gasteiger partial charge is 0.372 e. The highest BCUT2D eigenvalue weighted by Crippen LogP contribution is 2.22. The van der Waals surface area contributed by atoms with E-state index in [4.69, 9.17) is 0 Å². The maximum atomic E-state index is 12.3. The fourth-order valence-corrected chi connectivity index (χ4v) is 2.92. The third-order valence-corrected chi connectivity index (χ3v) is 4.38. The van der Waals surface area contributed by atoms with E-state index >= 15 is 0 Å². The van der Waals surface area contributed by atoms with E-state index in [1.165, 1.54) is 18.5 Å². The van der Waals surface area contributed by atoms with E-state index < -0.39 is 6.04 Å². The molecule has 130 valence electrons. The smallest absolute Gasteiger partial charge is 0.251 e. The lowest BCUT2D eigenvalue weighted by atomic mass is 10.2. The molecule has 25 heavy (non-hydrogen) atoms. The van der Waals surface area contributed by atoms with Gasteiger partial charge in [0.05, 0.1) is 0 Å². The number of hydrogen-bond donors (Lipinski definition) is 2. The van der Waals surface area contributed by atoms with Crippen molar-refractivity contribution < 1.29 is 9.59 Å². The molecule has 1 atom stereocenters. The van der Waals surface area contributed by atoms with Gasteiger partial charge in [0, 0.05) is 30.0 Å². The molecule has 1 fully saturated rings. The summed E-state index contributed by atoms with van der Waals surface area (Å²) in [6.07, 6.45) is 2.47. The zero-order valence-electron chi connectivity index (χ0n) is 14.4. The molecule has 1 aliphatic rings. The summed E-state index contributed by atoms with van der Waals surface area (Å²) >= 11 is 0. The molecule has 1 heterocycles. The summed E-state index contributed by atoms with van der Waals surface area (Å²) in [4.78, 5) is 26.7. The standard InChI is InChI=1S/C20H23N3O2/c1-15(21-20(25)16-7-3-2-4-8-16)19(24)22-17-9-11-18(12-10-17)23-13-5-6-14-23/h2-4,7-12,15H,5-6,13-14H2,1H3,(H,21,25)(H,22,24)/t15-/m1/s1. The lowest BCUT2D eigenvalue weighted by Gasteiger charge is -2.18. The Morgan fingerprint density at radius 3 is 2.24 bits per heavy atom. The van der Waals surface area contributed by atoms with Gasteiger partial charge in [0.1, 0.15) is 6.04 Å². The maximum Gasteiger partial charge on any atom is 0.251 e. The van der Waals surface area contributed by atoms with E-state index in [2.05, 4.69) is 15.5 Å². The van der Waals surface area contributed by atoms with Crippen LogP contribution in [-0.2, 0) is 4.79 Å². The molecule has 5 heteroatoms. The predicted octanol–water partition coefficient (Wildman–Crippen LogP) is 3.04. The second-order valence-corrected chi connectivity index (χ2v) is 6.29. The SMILES string of the molecule is C[C@@H](NC(=O)c1ccccc1)C(=O)Nc1ccc(N2CCCC2)cc1. The molecule has 0 saturated carbocycles.